The maximum Gasteiger partial charge on any atom is 0.253 e. The van der Waals surface area contributed by atoms with Crippen LogP contribution in [-0.4, -0.2) is 29.8 Å². The van der Waals surface area contributed by atoms with Crippen LogP contribution in [0.3, 0.4) is 0 Å². The maximum atomic E-state index is 12.4. The largest absolute Gasteiger partial charge is 0.370 e. The van der Waals surface area contributed by atoms with Crippen molar-refractivity contribution < 1.29 is 9.59 Å². The monoisotopic (exact) mass is 358 g/mol. The predicted molar refractivity (Wildman–Crippen MR) is 81.6 cm³/mol. The normalized spacial score (nSPS) is 16.2. The molecule has 0 unspecified atom stereocenters. The van der Waals surface area contributed by atoms with Gasteiger partial charge in [0.2, 0.25) is 5.91 Å². The van der Waals surface area contributed by atoms with Crippen LogP contribution >= 0.6 is 27.5 Å². The minimum atomic E-state index is -0.270. The lowest BCUT2D eigenvalue weighted by atomic mass is 9.93. The second-order valence-corrected chi connectivity index (χ2v) is 6.42. The summed E-state index contributed by atoms with van der Waals surface area (Å²) in [6, 6.07) is 5.19. The molecule has 2 rings (SSSR count). The van der Waals surface area contributed by atoms with Crippen molar-refractivity contribution in [3.8, 4) is 0 Å². The van der Waals surface area contributed by atoms with Crippen LogP contribution in [0.5, 0.6) is 0 Å². The van der Waals surface area contributed by atoms with E-state index in [4.69, 9.17) is 17.3 Å². The van der Waals surface area contributed by atoms with Crippen LogP contribution in [0.1, 0.15) is 29.6 Å². The van der Waals surface area contributed by atoms with Crippen molar-refractivity contribution in [2.75, 3.05) is 13.1 Å². The number of piperidine rings is 1. The summed E-state index contributed by atoms with van der Waals surface area (Å²) in [6.45, 7) is 1.31. The van der Waals surface area contributed by atoms with Gasteiger partial charge in [-0.05, 0) is 37.0 Å². The van der Waals surface area contributed by atoms with Crippen molar-refractivity contribution in [3.05, 3.63) is 33.3 Å². The van der Waals surface area contributed by atoms with Crippen LogP contribution in [0.15, 0.2) is 22.7 Å². The van der Waals surface area contributed by atoms with Crippen LogP contribution in [0.25, 0.3) is 0 Å². The highest BCUT2D eigenvalue weighted by Crippen LogP contribution is 2.24. The van der Waals surface area contributed by atoms with Crippen molar-refractivity contribution in [2.24, 2.45) is 11.7 Å². The molecule has 0 aromatic heterocycles. The molecule has 4 nitrogen and oxygen atoms in total. The summed E-state index contributed by atoms with van der Waals surface area (Å²) < 4.78 is 0.789. The minimum Gasteiger partial charge on any atom is -0.370 e. The highest BCUT2D eigenvalue weighted by Gasteiger charge is 2.24. The minimum absolute atomic E-state index is 0.0225. The van der Waals surface area contributed by atoms with E-state index in [-0.39, 0.29) is 11.8 Å². The number of nitrogens with zero attached hydrogens (tertiary/aromatic N) is 1. The summed E-state index contributed by atoms with van der Waals surface area (Å²) in [5, 5.41) is 0.534. The molecule has 1 aliphatic heterocycles. The first-order chi connectivity index (χ1) is 9.45. The Bertz CT molecular complexity index is 508. The molecule has 0 aliphatic carbocycles. The van der Waals surface area contributed by atoms with Gasteiger partial charge in [-0.15, -0.1) is 0 Å². The van der Waals surface area contributed by atoms with Gasteiger partial charge in [-0.2, -0.15) is 0 Å². The average molecular weight is 360 g/mol. The zero-order valence-corrected chi connectivity index (χ0v) is 13.3. The van der Waals surface area contributed by atoms with Gasteiger partial charge in [-0.1, -0.05) is 27.5 Å². The van der Waals surface area contributed by atoms with Gasteiger partial charge in [0.15, 0.2) is 0 Å². The van der Waals surface area contributed by atoms with Crippen LogP contribution in [-0.2, 0) is 4.79 Å². The Morgan fingerprint density at radius 1 is 1.30 bits per heavy atom. The van der Waals surface area contributed by atoms with E-state index >= 15 is 0 Å². The standard InChI is InChI=1S/C14H16BrClN2O2/c15-11-6-10(7-12(16)8-11)14(20)18-3-1-9(2-4-18)5-13(17)19/h6-9H,1-5H2,(H2,17,19). The third-order valence-electron chi connectivity index (χ3n) is 3.50. The molecule has 2 N–H and O–H groups in total. The van der Waals surface area contributed by atoms with E-state index in [1.807, 2.05) is 0 Å². The summed E-state index contributed by atoms with van der Waals surface area (Å²) >= 11 is 9.30. The van der Waals surface area contributed by atoms with Crippen LogP contribution in [0, 0.1) is 5.92 Å². The molecule has 1 aliphatic rings. The van der Waals surface area contributed by atoms with Crippen LogP contribution in [0.2, 0.25) is 5.02 Å². The molecule has 0 atom stereocenters. The number of likely N-dealkylation sites (tertiary alicyclic amines) is 1. The Morgan fingerprint density at radius 3 is 2.50 bits per heavy atom. The molecule has 1 heterocycles. The maximum absolute atomic E-state index is 12.4. The SMILES string of the molecule is NC(=O)CC1CCN(C(=O)c2cc(Cl)cc(Br)c2)CC1. The molecular formula is C14H16BrClN2O2. The van der Waals surface area contributed by atoms with E-state index in [1.165, 1.54) is 0 Å². The van der Waals surface area contributed by atoms with Crippen molar-refractivity contribution in [3.63, 3.8) is 0 Å². The van der Waals surface area contributed by atoms with Crippen molar-refractivity contribution in [1.29, 1.82) is 0 Å². The fraction of sp³-hybridized carbons (Fsp3) is 0.429. The molecule has 0 bridgehead atoms. The third-order valence-corrected chi connectivity index (χ3v) is 4.18. The quantitative estimate of drug-likeness (QED) is 0.902. The lowest BCUT2D eigenvalue weighted by molar-refractivity contribution is -0.119. The Hall–Kier alpha value is -1.07. The van der Waals surface area contributed by atoms with E-state index in [0.29, 0.717) is 36.0 Å². The van der Waals surface area contributed by atoms with Gasteiger partial charge < -0.3 is 10.6 Å². The zero-order valence-electron chi connectivity index (χ0n) is 10.9. The molecule has 6 heteroatoms. The van der Waals surface area contributed by atoms with Gasteiger partial charge in [0.25, 0.3) is 5.91 Å². The smallest absolute Gasteiger partial charge is 0.253 e. The third kappa shape index (κ3) is 3.96. The Kier molecular flexibility index (Phi) is 5.05. The second kappa shape index (κ2) is 6.59. The van der Waals surface area contributed by atoms with Gasteiger partial charge in [0.1, 0.15) is 0 Å². The van der Waals surface area contributed by atoms with Crippen molar-refractivity contribution in [1.82, 2.24) is 4.90 Å². The lowest BCUT2D eigenvalue weighted by Gasteiger charge is -2.31. The first-order valence-electron chi connectivity index (χ1n) is 6.49. The summed E-state index contributed by atoms with van der Waals surface area (Å²) in [5.74, 6) is 0.00178. The molecule has 1 aromatic carbocycles. The first-order valence-corrected chi connectivity index (χ1v) is 7.66. The summed E-state index contributed by atoms with van der Waals surface area (Å²) in [5.41, 5.74) is 5.78. The van der Waals surface area contributed by atoms with E-state index in [9.17, 15) is 9.59 Å². The topological polar surface area (TPSA) is 63.4 Å². The predicted octanol–water partition coefficient (Wildman–Crippen LogP) is 2.83. The number of rotatable bonds is 3. The van der Waals surface area contributed by atoms with E-state index in [2.05, 4.69) is 15.9 Å². The number of amides is 2. The molecule has 2 amide bonds. The number of hydrogen-bond donors (Lipinski definition) is 1. The fourth-order valence-corrected chi connectivity index (χ4v) is 3.34. The number of halogens is 2. The van der Waals surface area contributed by atoms with Crippen molar-refractivity contribution in [2.45, 2.75) is 19.3 Å². The molecule has 108 valence electrons. The lowest BCUT2D eigenvalue weighted by Crippen LogP contribution is -2.39. The van der Waals surface area contributed by atoms with Crippen LogP contribution in [0.4, 0.5) is 0 Å². The number of nitrogens with two attached hydrogens (primary N) is 1. The van der Waals surface area contributed by atoms with E-state index < -0.39 is 0 Å². The number of benzene rings is 1. The Labute approximate surface area is 131 Å². The second-order valence-electron chi connectivity index (χ2n) is 5.06. The molecule has 0 radical (unpaired) electrons. The van der Waals surface area contributed by atoms with Gasteiger partial charge in [-0.3, -0.25) is 9.59 Å². The van der Waals surface area contributed by atoms with Crippen molar-refractivity contribution >= 4 is 39.3 Å². The molecule has 20 heavy (non-hydrogen) atoms. The molecule has 0 spiro atoms. The summed E-state index contributed by atoms with van der Waals surface area (Å²) in [7, 11) is 0. The highest BCUT2D eigenvalue weighted by molar-refractivity contribution is 9.10. The molecule has 1 fully saturated rings. The molecule has 1 aromatic rings. The Balaban J connectivity index is 1.99. The number of carbonyl (C=O) groups excluding carboxylic acids is 2. The highest BCUT2D eigenvalue weighted by atomic mass is 79.9. The number of carbonyl (C=O) groups is 2. The van der Waals surface area contributed by atoms with Gasteiger partial charge in [0, 0.05) is 34.6 Å². The van der Waals surface area contributed by atoms with E-state index in [1.54, 1.807) is 23.1 Å². The fourth-order valence-electron chi connectivity index (χ4n) is 2.48. The molecular weight excluding hydrogens is 344 g/mol. The van der Waals surface area contributed by atoms with E-state index in [0.717, 1.165) is 17.3 Å². The first kappa shape index (κ1) is 15.3. The summed E-state index contributed by atoms with van der Waals surface area (Å²) in [4.78, 5) is 25.1. The number of primary amides is 1. The van der Waals surface area contributed by atoms with Gasteiger partial charge in [-0.25, -0.2) is 0 Å². The summed E-state index contributed by atoms with van der Waals surface area (Å²) in [6.07, 6.45) is 2.04. The molecule has 1 saturated heterocycles. The Morgan fingerprint density at radius 2 is 1.95 bits per heavy atom. The average Bonchev–Trinajstić information content (AvgIpc) is 2.37. The number of hydrogen-bond acceptors (Lipinski definition) is 2. The zero-order chi connectivity index (χ0) is 14.7. The molecule has 0 saturated carbocycles. The van der Waals surface area contributed by atoms with Crippen LogP contribution < -0.4 is 5.73 Å². The van der Waals surface area contributed by atoms with Gasteiger partial charge >= 0.3 is 0 Å². The van der Waals surface area contributed by atoms with Gasteiger partial charge in [0.05, 0.1) is 0 Å².